The van der Waals surface area contributed by atoms with E-state index in [1.807, 2.05) is 34.1 Å². The van der Waals surface area contributed by atoms with Crippen molar-refractivity contribution in [2.75, 3.05) is 13.1 Å². The molecule has 0 bridgehead atoms. The van der Waals surface area contributed by atoms with Gasteiger partial charge in [0.1, 0.15) is 5.82 Å². The lowest BCUT2D eigenvalue weighted by atomic mass is 9.94. The average molecular weight is 407 g/mol. The normalized spacial score (nSPS) is 25.0. The van der Waals surface area contributed by atoms with Crippen molar-refractivity contribution in [3.8, 4) is 0 Å². The Bertz CT molecular complexity index is 957. The van der Waals surface area contributed by atoms with Gasteiger partial charge in [0.15, 0.2) is 0 Å². The first kappa shape index (κ1) is 19.3. The maximum absolute atomic E-state index is 13.7. The van der Waals surface area contributed by atoms with Gasteiger partial charge in [0, 0.05) is 26.1 Å². The van der Waals surface area contributed by atoms with Crippen molar-refractivity contribution in [1.82, 2.24) is 9.80 Å². The lowest BCUT2D eigenvalue weighted by molar-refractivity contribution is -0.136. The van der Waals surface area contributed by atoms with E-state index < -0.39 is 0 Å². The summed E-state index contributed by atoms with van der Waals surface area (Å²) in [7, 11) is 0. The predicted octanol–water partition coefficient (Wildman–Crippen LogP) is 3.90. The van der Waals surface area contributed by atoms with Gasteiger partial charge in [-0.05, 0) is 54.9 Å². The topological polar surface area (TPSA) is 40.6 Å². The zero-order valence-corrected chi connectivity index (χ0v) is 17.1. The van der Waals surface area contributed by atoms with Crippen molar-refractivity contribution in [3.05, 3.63) is 71.5 Å². The molecule has 2 amide bonds. The number of amides is 2. The molecule has 1 saturated carbocycles. The number of hydrogen-bond donors (Lipinski definition) is 0. The molecular weight excluding hydrogens is 379 g/mol. The van der Waals surface area contributed by atoms with E-state index in [-0.39, 0.29) is 29.1 Å². The first-order chi connectivity index (χ1) is 14.6. The van der Waals surface area contributed by atoms with Gasteiger partial charge in [0.05, 0.1) is 11.5 Å². The van der Waals surface area contributed by atoms with Gasteiger partial charge in [-0.15, -0.1) is 0 Å². The molecule has 4 nitrogen and oxygen atoms in total. The quantitative estimate of drug-likeness (QED) is 0.773. The van der Waals surface area contributed by atoms with Gasteiger partial charge in [-0.2, -0.15) is 0 Å². The Morgan fingerprint density at radius 1 is 1.07 bits per heavy atom. The Balaban J connectivity index is 1.37. The first-order valence-corrected chi connectivity index (χ1v) is 11.0. The molecule has 2 atom stereocenters. The highest BCUT2D eigenvalue weighted by Gasteiger charge is 2.55. The lowest BCUT2D eigenvalue weighted by Gasteiger charge is -2.31. The molecule has 30 heavy (non-hydrogen) atoms. The second-order valence-corrected chi connectivity index (χ2v) is 9.03. The molecule has 2 heterocycles. The first-order valence-electron chi connectivity index (χ1n) is 11.0. The molecule has 3 aliphatic rings. The van der Waals surface area contributed by atoms with Crippen molar-refractivity contribution in [2.45, 2.75) is 50.1 Å². The molecule has 2 saturated heterocycles. The summed E-state index contributed by atoms with van der Waals surface area (Å²) in [4.78, 5) is 30.3. The maximum Gasteiger partial charge on any atom is 0.233 e. The number of carbonyl (C=O) groups is 2. The van der Waals surface area contributed by atoms with Crippen LogP contribution in [0.5, 0.6) is 0 Å². The van der Waals surface area contributed by atoms with Crippen LogP contribution in [0, 0.1) is 11.7 Å². The van der Waals surface area contributed by atoms with Crippen LogP contribution >= 0.6 is 0 Å². The summed E-state index contributed by atoms with van der Waals surface area (Å²) >= 11 is 0. The highest BCUT2D eigenvalue weighted by molar-refractivity contribution is 5.91. The molecule has 0 spiro atoms. The molecular formula is C25H27FN2O2. The van der Waals surface area contributed by atoms with Gasteiger partial charge < -0.3 is 9.80 Å². The van der Waals surface area contributed by atoms with Gasteiger partial charge in [0.25, 0.3) is 0 Å². The second kappa shape index (κ2) is 7.53. The average Bonchev–Trinajstić information content (AvgIpc) is 3.49. The number of fused-ring (bicyclic) bond motifs is 1. The van der Waals surface area contributed by atoms with Crippen molar-refractivity contribution in [2.24, 2.45) is 5.92 Å². The fourth-order valence-electron chi connectivity index (χ4n) is 5.35. The fraction of sp³-hybridized carbons (Fsp3) is 0.440. The standard InChI is InChI=1S/C25H27FN2O2/c26-21-10-4-6-18(14-21)15-28-22-17-27(16-19(22)7-5-11-23(28)29)24(30)25(12-13-25)20-8-2-1-3-9-20/h1-4,6,8-10,14,19,22H,5,7,11-13,15-17H2/t19-,22+/m1/s1. The van der Waals surface area contributed by atoms with Crippen LogP contribution in [0.1, 0.15) is 43.2 Å². The zero-order valence-electron chi connectivity index (χ0n) is 17.1. The van der Waals surface area contributed by atoms with Gasteiger partial charge >= 0.3 is 0 Å². The van der Waals surface area contributed by atoms with E-state index in [4.69, 9.17) is 0 Å². The molecule has 1 aliphatic carbocycles. The number of rotatable bonds is 4. The summed E-state index contributed by atoms with van der Waals surface area (Å²) < 4.78 is 13.7. The van der Waals surface area contributed by atoms with E-state index in [1.54, 1.807) is 6.07 Å². The van der Waals surface area contributed by atoms with Crippen LogP contribution in [0.3, 0.4) is 0 Å². The number of nitrogens with zero attached hydrogens (tertiary/aromatic N) is 2. The molecule has 0 N–H and O–H groups in total. The van der Waals surface area contributed by atoms with E-state index in [1.165, 1.54) is 12.1 Å². The summed E-state index contributed by atoms with van der Waals surface area (Å²) in [5.74, 6) is 0.332. The van der Waals surface area contributed by atoms with Gasteiger partial charge in [-0.3, -0.25) is 9.59 Å². The van der Waals surface area contributed by atoms with E-state index in [0.717, 1.165) is 36.8 Å². The van der Waals surface area contributed by atoms with Crippen LogP contribution in [0.15, 0.2) is 54.6 Å². The Hall–Kier alpha value is -2.69. The Labute approximate surface area is 176 Å². The molecule has 2 aromatic carbocycles. The summed E-state index contributed by atoms with van der Waals surface area (Å²) in [5.41, 5.74) is 1.54. The minimum atomic E-state index is -0.373. The van der Waals surface area contributed by atoms with Crippen LogP contribution in [0.4, 0.5) is 4.39 Å². The summed E-state index contributed by atoms with van der Waals surface area (Å²) in [6.07, 6.45) is 4.13. The molecule has 2 aliphatic heterocycles. The molecule has 5 heteroatoms. The molecule has 2 aromatic rings. The number of benzene rings is 2. The van der Waals surface area contributed by atoms with Crippen molar-refractivity contribution in [3.63, 3.8) is 0 Å². The van der Waals surface area contributed by atoms with Crippen LogP contribution in [0.2, 0.25) is 0 Å². The van der Waals surface area contributed by atoms with Gasteiger partial charge in [0.2, 0.25) is 11.8 Å². The highest BCUT2D eigenvalue weighted by atomic mass is 19.1. The highest BCUT2D eigenvalue weighted by Crippen LogP contribution is 2.50. The number of likely N-dealkylation sites (tertiary alicyclic amines) is 2. The Morgan fingerprint density at radius 2 is 1.87 bits per heavy atom. The fourth-order valence-corrected chi connectivity index (χ4v) is 5.35. The maximum atomic E-state index is 13.7. The number of halogens is 1. The van der Waals surface area contributed by atoms with Crippen LogP contribution in [0.25, 0.3) is 0 Å². The van der Waals surface area contributed by atoms with Crippen molar-refractivity contribution >= 4 is 11.8 Å². The number of carbonyl (C=O) groups excluding carboxylic acids is 2. The lowest BCUT2D eigenvalue weighted by Crippen LogP contribution is -2.44. The van der Waals surface area contributed by atoms with Crippen LogP contribution < -0.4 is 0 Å². The minimum absolute atomic E-state index is 0.0128. The van der Waals surface area contributed by atoms with Crippen LogP contribution in [-0.4, -0.2) is 40.7 Å². The summed E-state index contributed by atoms with van der Waals surface area (Å²) in [6, 6.07) is 16.6. The minimum Gasteiger partial charge on any atom is -0.339 e. The third-order valence-corrected chi connectivity index (χ3v) is 7.11. The molecule has 0 aromatic heterocycles. The third kappa shape index (κ3) is 3.40. The zero-order chi connectivity index (χ0) is 20.7. The van der Waals surface area contributed by atoms with E-state index >= 15 is 0 Å². The SMILES string of the molecule is O=C1CCC[C@@H]2CN(C(=O)C3(c4ccccc4)CC3)C[C@@H]2N1Cc1cccc(F)c1. The Kier molecular flexibility index (Phi) is 4.84. The monoisotopic (exact) mass is 406 g/mol. The predicted molar refractivity (Wildman–Crippen MR) is 112 cm³/mol. The molecule has 0 unspecified atom stereocenters. The summed E-state index contributed by atoms with van der Waals surface area (Å²) in [6.45, 7) is 1.70. The van der Waals surface area contributed by atoms with E-state index in [9.17, 15) is 14.0 Å². The van der Waals surface area contributed by atoms with Crippen molar-refractivity contribution in [1.29, 1.82) is 0 Å². The van der Waals surface area contributed by atoms with Gasteiger partial charge in [-0.25, -0.2) is 4.39 Å². The number of hydrogen-bond acceptors (Lipinski definition) is 2. The smallest absolute Gasteiger partial charge is 0.233 e. The van der Waals surface area contributed by atoms with Crippen LogP contribution in [-0.2, 0) is 21.5 Å². The largest absolute Gasteiger partial charge is 0.339 e. The third-order valence-electron chi connectivity index (χ3n) is 7.11. The Morgan fingerprint density at radius 3 is 2.60 bits per heavy atom. The molecule has 3 fully saturated rings. The molecule has 156 valence electrons. The summed E-state index contributed by atoms with van der Waals surface area (Å²) in [5, 5.41) is 0. The van der Waals surface area contributed by atoms with Crippen molar-refractivity contribution < 1.29 is 14.0 Å². The van der Waals surface area contributed by atoms with Gasteiger partial charge in [-0.1, -0.05) is 42.5 Å². The second-order valence-electron chi connectivity index (χ2n) is 9.03. The van der Waals surface area contributed by atoms with E-state index in [0.29, 0.717) is 32.0 Å². The molecule has 0 radical (unpaired) electrons. The molecule has 5 rings (SSSR count). The van der Waals surface area contributed by atoms with E-state index in [2.05, 4.69) is 12.1 Å².